The monoisotopic (exact) mass is 230 g/mol. The van der Waals surface area contributed by atoms with Crippen LogP contribution in [0, 0.1) is 11.3 Å². The Morgan fingerprint density at radius 1 is 1.53 bits per heavy atom. The molecule has 0 unspecified atom stereocenters. The average molecular weight is 230 g/mol. The van der Waals surface area contributed by atoms with Crippen LogP contribution in [0.1, 0.15) is 24.0 Å². The van der Waals surface area contributed by atoms with Crippen molar-refractivity contribution in [1.82, 2.24) is 5.32 Å². The lowest BCUT2D eigenvalue weighted by atomic mass is 10.0. The van der Waals surface area contributed by atoms with E-state index < -0.39 is 0 Å². The van der Waals surface area contributed by atoms with Crippen molar-refractivity contribution >= 4 is 5.91 Å². The van der Waals surface area contributed by atoms with E-state index >= 15 is 0 Å². The van der Waals surface area contributed by atoms with Gasteiger partial charge in [-0.05, 0) is 30.0 Å². The highest BCUT2D eigenvalue weighted by Crippen LogP contribution is 2.25. The molecule has 1 aliphatic heterocycles. The van der Waals surface area contributed by atoms with Crippen molar-refractivity contribution in [3.8, 4) is 11.8 Å². The molecule has 1 amide bonds. The van der Waals surface area contributed by atoms with E-state index in [0.717, 1.165) is 30.8 Å². The molecule has 1 aromatic rings. The number of aryl methyl sites for hydroxylation is 1. The fourth-order valence-corrected chi connectivity index (χ4v) is 1.86. The molecule has 2 rings (SSSR count). The maximum atomic E-state index is 11.1. The van der Waals surface area contributed by atoms with Crippen molar-refractivity contribution in [3.05, 3.63) is 29.3 Å². The summed E-state index contributed by atoms with van der Waals surface area (Å²) in [6, 6.07) is 7.76. The highest BCUT2D eigenvalue weighted by Gasteiger charge is 2.10. The Morgan fingerprint density at radius 3 is 3.24 bits per heavy atom. The molecular formula is C13H14N2O2. The lowest BCUT2D eigenvalue weighted by molar-refractivity contribution is -0.120. The van der Waals surface area contributed by atoms with Gasteiger partial charge in [0.05, 0.1) is 12.7 Å². The first-order valence-corrected chi connectivity index (χ1v) is 5.68. The summed E-state index contributed by atoms with van der Waals surface area (Å²) in [4.78, 5) is 11.1. The van der Waals surface area contributed by atoms with Crippen molar-refractivity contribution in [2.45, 2.75) is 25.8 Å². The Balaban J connectivity index is 1.98. The third kappa shape index (κ3) is 2.97. The minimum atomic E-state index is -0.235. The Kier molecular flexibility index (Phi) is 3.61. The van der Waals surface area contributed by atoms with E-state index in [2.05, 4.69) is 11.4 Å². The van der Waals surface area contributed by atoms with Crippen LogP contribution in [0.25, 0.3) is 0 Å². The van der Waals surface area contributed by atoms with Gasteiger partial charge in [0.25, 0.3) is 0 Å². The number of amides is 1. The van der Waals surface area contributed by atoms with Crippen molar-refractivity contribution in [2.75, 3.05) is 6.61 Å². The Bertz CT molecular complexity index is 463. The van der Waals surface area contributed by atoms with E-state index in [0.29, 0.717) is 6.54 Å². The van der Waals surface area contributed by atoms with E-state index in [1.165, 1.54) is 5.56 Å². The summed E-state index contributed by atoms with van der Waals surface area (Å²) in [5, 5.41) is 11.1. The van der Waals surface area contributed by atoms with E-state index in [1.54, 1.807) is 0 Å². The van der Waals surface area contributed by atoms with Gasteiger partial charge in [-0.25, -0.2) is 0 Å². The van der Waals surface area contributed by atoms with Crippen LogP contribution < -0.4 is 10.1 Å². The fourth-order valence-electron chi connectivity index (χ4n) is 1.86. The number of carbonyl (C=O) groups is 1. The maximum absolute atomic E-state index is 11.1. The molecule has 0 aromatic heterocycles. The van der Waals surface area contributed by atoms with Gasteiger partial charge in [0, 0.05) is 6.54 Å². The van der Waals surface area contributed by atoms with Gasteiger partial charge in [0.15, 0.2) is 0 Å². The van der Waals surface area contributed by atoms with Crippen LogP contribution in [0.5, 0.6) is 5.75 Å². The quantitative estimate of drug-likeness (QED) is 0.856. The number of carbonyl (C=O) groups excluding carboxylic acids is 1. The zero-order chi connectivity index (χ0) is 12.1. The van der Waals surface area contributed by atoms with Gasteiger partial charge in [-0.3, -0.25) is 4.79 Å². The zero-order valence-corrected chi connectivity index (χ0v) is 9.53. The van der Waals surface area contributed by atoms with Crippen molar-refractivity contribution in [3.63, 3.8) is 0 Å². The van der Waals surface area contributed by atoms with Crippen LogP contribution in [-0.4, -0.2) is 12.5 Å². The first-order chi connectivity index (χ1) is 8.29. The summed E-state index contributed by atoms with van der Waals surface area (Å²) in [7, 11) is 0. The van der Waals surface area contributed by atoms with Gasteiger partial charge in [-0.2, -0.15) is 5.26 Å². The SMILES string of the molecule is N#CCC(=O)NCc1ccc2c(c1)CCCO2. The summed E-state index contributed by atoms with van der Waals surface area (Å²) >= 11 is 0. The summed E-state index contributed by atoms with van der Waals surface area (Å²) in [6.45, 7) is 1.25. The van der Waals surface area contributed by atoms with E-state index in [1.807, 2.05) is 18.2 Å². The van der Waals surface area contributed by atoms with Crippen LogP contribution >= 0.6 is 0 Å². The highest BCUT2D eigenvalue weighted by molar-refractivity contribution is 5.77. The van der Waals surface area contributed by atoms with Crippen LogP contribution in [-0.2, 0) is 17.8 Å². The van der Waals surface area contributed by atoms with Gasteiger partial charge < -0.3 is 10.1 Å². The summed E-state index contributed by atoms with van der Waals surface area (Å²) in [6.07, 6.45) is 1.97. The average Bonchev–Trinajstić information content (AvgIpc) is 2.36. The van der Waals surface area contributed by atoms with Crippen LogP contribution in [0.3, 0.4) is 0 Å². The number of hydrogen-bond acceptors (Lipinski definition) is 3. The van der Waals surface area contributed by atoms with Gasteiger partial charge >= 0.3 is 0 Å². The number of benzene rings is 1. The standard InChI is InChI=1S/C13H14N2O2/c14-6-5-13(16)15-9-10-3-4-12-11(8-10)2-1-7-17-12/h3-4,8H,1-2,5,7,9H2,(H,15,16). The maximum Gasteiger partial charge on any atom is 0.234 e. The van der Waals surface area contributed by atoms with E-state index in [9.17, 15) is 4.79 Å². The minimum absolute atomic E-state index is 0.0892. The summed E-state index contributed by atoms with van der Waals surface area (Å²) < 4.78 is 5.51. The van der Waals surface area contributed by atoms with E-state index in [4.69, 9.17) is 10.00 Å². The molecule has 0 aliphatic carbocycles. The molecule has 1 aromatic carbocycles. The molecule has 0 saturated carbocycles. The minimum Gasteiger partial charge on any atom is -0.493 e. The second-order valence-corrected chi connectivity index (χ2v) is 4.01. The second-order valence-electron chi connectivity index (χ2n) is 4.01. The van der Waals surface area contributed by atoms with Crippen molar-refractivity contribution in [1.29, 1.82) is 5.26 Å². The number of fused-ring (bicyclic) bond motifs is 1. The Hall–Kier alpha value is -2.02. The van der Waals surface area contributed by atoms with Gasteiger partial charge in [0.2, 0.25) is 5.91 Å². The van der Waals surface area contributed by atoms with Gasteiger partial charge in [-0.15, -0.1) is 0 Å². The molecule has 1 N–H and O–H groups in total. The van der Waals surface area contributed by atoms with Crippen LogP contribution in [0.2, 0.25) is 0 Å². The van der Waals surface area contributed by atoms with E-state index in [-0.39, 0.29) is 12.3 Å². The van der Waals surface area contributed by atoms with Gasteiger partial charge in [-0.1, -0.05) is 12.1 Å². The third-order valence-corrected chi connectivity index (χ3v) is 2.70. The molecule has 1 heterocycles. The summed E-state index contributed by atoms with van der Waals surface area (Å²) in [5.41, 5.74) is 2.24. The number of nitriles is 1. The lowest BCUT2D eigenvalue weighted by Gasteiger charge is -2.17. The molecular weight excluding hydrogens is 216 g/mol. The molecule has 1 aliphatic rings. The first kappa shape index (κ1) is 11.5. The molecule has 0 saturated heterocycles. The fraction of sp³-hybridized carbons (Fsp3) is 0.385. The first-order valence-electron chi connectivity index (χ1n) is 5.68. The normalized spacial score (nSPS) is 13.1. The van der Waals surface area contributed by atoms with Crippen molar-refractivity contribution < 1.29 is 9.53 Å². The smallest absolute Gasteiger partial charge is 0.234 e. The number of ether oxygens (including phenoxy) is 1. The molecule has 0 spiro atoms. The number of nitrogens with one attached hydrogen (secondary N) is 1. The van der Waals surface area contributed by atoms with Crippen molar-refractivity contribution in [2.24, 2.45) is 0 Å². The number of nitrogens with zero attached hydrogens (tertiary/aromatic N) is 1. The molecule has 0 atom stereocenters. The molecule has 4 heteroatoms. The molecule has 0 bridgehead atoms. The Morgan fingerprint density at radius 2 is 2.41 bits per heavy atom. The van der Waals surface area contributed by atoms with Crippen LogP contribution in [0.4, 0.5) is 0 Å². The molecule has 0 radical (unpaired) electrons. The Labute approximate surface area is 100 Å². The topological polar surface area (TPSA) is 62.1 Å². The second kappa shape index (κ2) is 5.35. The van der Waals surface area contributed by atoms with Crippen LogP contribution in [0.15, 0.2) is 18.2 Å². The number of rotatable bonds is 3. The molecule has 88 valence electrons. The summed E-state index contributed by atoms with van der Waals surface area (Å²) in [5.74, 6) is 0.713. The predicted octanol–water partition coefficient (Wildman–Crippen LogP) is 1.54. The molecule has 0 fully saturated rings. The van der Waals surface area contributed by atoms with Gasteiger partial charge in [0.1, 0.15) is 12.2 Å². The molecule has 4 nitrogen and oxygen atoms in total. The third-order valence-electron chi connectivity index (χ3n) is 2.70. The lowest BCUT2D eigenvalue weighted by Crippen LogP contribution is -2.22. The highest BCUT2D eigenvalue weighted by atomic mass is 16.5. The predicted molar refractivity (Wildman–Crippen MR) is 62.3 cm³/mol. The number of hydrogen-bond donors (Lipinski definition) is 1. The largest absolute Gasteiger partial charge is 0.493 e. The zero-order valence-electron chi connectivity index (χ0n) is 9.53. The molecule has 17 heavy (non-hydrogen) atoms.